The molecule has 9 nitrogen and oxygen atoms in total. The summed E-state index contributed by atoms with van der Waals surface area (Å²) in [7, 11) is -3.20. The number of fused-ring (bicyclic) bond motifs is 1. The lowest BCUT2D eigenvalue weighted by Crippen LogP contribution is -2.52. The number of nitrogens with zero attached hydrogens (tertiary/aromatic N) is 4. The molecule has 0 radical (unpaired) electrons. The lowest BCUT2D eigenvalue weighted by atomic mass is 9.92. The summed E-state index contributed by atoms with van der Waals surface area (Å²) >= 11 is 0. The first kappa shape index (κ1) is 24.0. The number of hydrogen-bond donors (Lipinski definition) is 4. The molecule has 5 N–H and O–H groups in total. The summed E-state index contributed by atoms with van der Waals surface area (Å²) in [5, 5.41) is 3.10. The number of ether oxygens (including phenoxy) is 1. The van der Waals surface area contributed by atoms with Gasteiger partial charge in [-0.2, -0.15) is 10.6 Å². The summed E-state index contributed by atoms with van der Waals surface area (Å²) in [6.07, 6.45) is 2.89. The lowest BCUT2D eigenvalue weighted by Gasteiger charge is -2.53. The van der Waals surface area contributed by atoms with Crippen molar-refractivity contribution in [2.75, 3.05) is 24.4 Å². The molecule has 0 aliphatic carbocycles. The maximum Gasteiger partial charge on any atom is 0.232 e. The smallest absolute Gasteiger partial charge is 0.232 e. The number of hydrogen-bond acceptors (Lipinski definition) is 9. The summed E-state index contributed by atoms with van der Waals surface area (Å²) in [6, 6.07) is 5.96. The molecule has 1 atom stereocenters. The van der Waals surface area contributed by atoms with Crippen LogP contribution in [0.1, 0.15) is 26.3 Å². The molecule has 1 aliphatic rings. The van der Waals surface area contributed by atoms with Crippen molar-refractivity contribution >= 4 is 39.0 Å². The van der Waals surface area contributed by atoms with Gasteiger partial charge < -0.3 is 15.8 Å². The van der Waals surface area contributed by atoms with Gasteiger partial charge in [-0.15, -0.1) is 0 Å². The van der Waals surface area contributed by atoms with Gasteiger partial charge in [0.25, 0.3) is 0 Å². The average Bonchev–Trinajstić information content (AvgIpc) is 2.77. The fraction of sp³-hybridized carbons (Fsp3) is 0.364. The Kier molecular flexibility index (Phi) is 6.08. The van der Waals surface area contributed by atoms with E-state index in [4.69, 9.17) is 10.5 Å². The number of rotatable bonds is 6. The maximum atomic E-state index is 14.9. The van der Waals surface area contributed by atoms with Crippen LogP contribution in [0.15, 0.2) is 41.7 Å². The van der Waals surface area contributed by atoms with Crippen molar-refractivity contribution in [1.29, 1.82) is 0 Å². The maximum absolute atomic E-state index is 14.9. The molecule has 34 heavy (non-hydrogen) atoms. The number of aromatic nitrogens is 3. The number of anilines is 2. The highest BCUT2D eigenvalue weighted by molar-refractivity contribution is 8.26. The number of alkyl halides is 1. The molecular weight excluding hydrogens is 466 g/mol. The van der Waals surface area contributed by atoms with Gasteiger partial charge in [-0.25, -0.2) is 23.7 Å². The molecule has 12 heteroatoms. The molecule has 0 fully saturated rings. The average molecular weight is 493 g/mol. The summed E-state index contributed by atoms with van der Waals surface area (Å²) in [5.41, 5.74) is 6.34. The summed E-state index contributed by atoms with van der Waals surface area (Å²) in [6.45, 7) is 4.07. The van der Waals surface area contributed by atoms with Crippen LogP contribution in [0.25, 0.3) is 11.0 Å². The lowest BCUT2D eigenvalue weighted by molar-refractivity contribution is 0.264. The SMILES string of the molecule is CC1(C)C(N)=N[C@](C)(c2cc(Nc3nccc4nc(OCCF)cnc34)ccc2F)CS1(O)O. The summed E-state index contributed by atoms with van der Waals surface area (Å²) in [4.78, 5) is 17.4. The zero-order chi connectivity index (χ0) is 24.7. The van der Waals surface area contributed by atoms with Gasteiger partial charge in [-0.3, -0.25) is 14.1 Å². The second-order valence-electron chi connectivity index (χ2n) is 8.68. The number of pyridine rings is 1. The second-order valence-corrected chi connectivity index (χ2v) is 11.3. The zero-order valence-corrected chi connectivity index (χ0v) is 19.7. The molecule has 0 bridgehead atoms. The van der Waals surface area contributed by atoms with Gasteiger partial charge in [-0.05, 0) is 45.0 Å². The van der Waals surface area contributed by atoms with Crippen LogP contribution in [0.4, 0.5) is 20.3 Å². The van der Waals surface area contributed by atoms with Crippen molar-refractivity contribution in [3.8, 4) is 5.88 Å². The van der Waals surface area contributed by atoms with Crippen LogP contribution < -0.4 is 15.8 Å². The second kappa shape index (κ2) is 8.60. The number of nitrogens with two attached hydrogens (primary N) is 1. The Morgan fingerprint density at radius 2 is 1.97 bits per heavy atom. The Morgan fingerprint density at radius 3 is 2.68 bits per heavy atom. The summed E-state index contributed by atoms with van der Waals surface area (Å²) in [5.74, 6) is -0.125. The van der Waals surface area contributed by atoms with Gasteiger partial charge >= 0.3 is 0 Å². The van der Waals surface area contributed by atoms with Crippen molar-refractivity contribution in [2.24, 2.45) is 10.7 Å². The van der Waals surface area contributed by atoms with Crippen LogP contribution in [0.2, 0.25) is 0 Å². The third kappa shape index (κ3) is 4.24. The zero-order valence-electron chi connectivity index (χ0n) is 18.9. The standard InChI is InChI=1S/C22H26F2N6O3S/c1-21(2)20(25)30-22(3,12-34(21,31)32)14-10-13(4-5-15(14)24)28-19-18-16(6-8-26-19)29-17(11-27-18)33-9-7-23/h4-6,8,10-11,31-32H,7,9,12H2,1-3H3,(H2,25,30)(H,26,28)/t22-/m0/s1. The van der Waals surface area contributed by atoms with E-state index in [1.807, 2.05) is 0 Å². The predicted octanol–water partition coefficient (Wildman–Crippen LogP) is 4.37. The van der Waals surface area contributed by atoms with Crippen molar-refractivity contribution in [3.63, 3.8) is 0 Å². The van der Waals surface area contributed by atoms with Crippen molar-refractivity contribution in [2.45, 2.75) is 31.1 Å². The van der Waals surface area contributed by atoms with Crippen LogP contribution in [-0.2, 0) is 5.54 Å². The van der Waals surface area contributed by atoms with E-state index in [0.717, 1.165) is 0 Å². The van der Waals surface area contributed by atoms with Gasteiger partial charge in [0.1, 0.15) is 40.7 Å². The Morgan fingerprint density at radius 1 is 1.21 bits per heavy atom. The van der Waals surface area contributed by atoms with Crippen LogP contribution in [0.5, 0.6) is 5.88 Å². The minimum absolute atomic E-state index is 0.0517. The van der Waals surface area contributed by atoms with Crippen molar-refractivity contribution in [3.05, 3.63) is 48.0 Å². The van der Waals surface area contributed by atoms with E-state index in [2.05, 4.69) is 25.3 Å². The Balaban J connectivity index is 1.70. The van der Waals surface area contributed by atoms with Gasteiger partial charge in [0.15, 0.2) is 5.82 Å². The first-order valence-electron chi connectivity index (χ1n) is 10.5. The molecule has 1 aliphatic heterocycles. The Bertz CT molecular complexity index is 1270. The molecule has 0 amide bonds. The van der Waals surface area contributed by atoms with E-state index in [-0.39, 0.29) is 29.6 Å². The van der Waals surface area contributed by atoms with Crippen molar-refractivity contribution < 1.29 is 22.6 Å². The Hall–Kier alpha value is -3.09. The van der Waals surface area contributed by atoms with E-state index in [1.165, 1.54) is 30.6 Å². The highest BCUT2D eigenvalue weighted by Crippen LogP contribution is 2.59. The number of benzene rings is 1. The van der Waals surface area contributed by atoms with Gasteiger partial charge in [0, 0.05) is 17.4 Å². The largest absolute Gasteiger partial charge is 0.474 e. The van der Waals surface area contributed by atoms with E-state index in [1.54, 1.807) is 26.8 Å². The molecule has 2 aromatic heterocycles. The number of amidine groups is 1. The minimum atomic E-state index is -3.20. The normalized spacial score (nSPS) is 22.1. The van der Waals surface area contributed by atoms with Gasteiger partial charge in [-0.1, -0.05) is 0 Å². The fourth-order valence-corrected chi connectivity index (χ4v) is 5.44. The highest BCUT2D eigenvalue weighted by Gasteiger charge is 2.49. The van der Waals surface area contributed by atoms with Crippen LogP contribution in [-0.4, -0.2) is 53.7 Å². The van der Waals surface area contributed by atoms with Crippen LogP contribution >= 0.6 is 10.6 Å². The topological polar surface area (TPSA) is 139 Å². The molecule has 0 saturated carbocycles. The highest BCUT2D eigenvalue weighted by atomic mass is 32.3. The van der Waals surface area contributed by atoms with Crippen LogP contribution in [0, 0.1) is 5.82 Å². The molecule has 182 valence electrons. The number of halogens is 2. The van der Waals surface area contributed by atoms with E-state index >= 15 is 0 Å². The van der Waals surface area contributed by atoms with E-state index in [0.29, 0.717) is 22.5 Å². The third-order valence-corrected chi connectivity index (χ3v) is 8.67. The number of aliphatic imine (C=N–C) groups is 1. The third-order valence-electron chi connectivity index (χ3n) is 5.86. The van der Waals surface area contributed by atoms with Gasteiger partial charge in [0.05, 0.1) is 17.5 Å². The van der Waals surface area contributed by atoms with Gasteiger partial charge in [0.2, 0.25) is 5.88 Å². The molecule has 0 saturated heterocycles. The van der Waals surface area contributed by atoms with Crippen molar-refractivity contribution in [1.82, 2.24) is 15.0 Å². The van der Waals surface area contributed by atoms with E-state index < -0.39 is 33.4 Å². The monoisotopic (exact) mass is 492 g/mol. The quantitative estimate of drug-likeness (QED) is 0.398. The van der Waals surface area contributed by atoms with Crippen LogP contribution in [0.3, 0.4) is 0 Å². The predicted molar refractivity (Wildman–Crippen MR) is 129 cm³/mol. The molecule has 3 heterocycles. The molecule has 0 unspecified atom stereocenters. The fourth-order valence-electron chi connectivity index (χ4n) is 3.70. The molecular formula is C22H26F2N6O3S. The molecule has 4 rings (SSSR count). The molecule has 1 aromatic carbocycles. The minimum Gasteiger partial charge on any atom is -0.474 e. The Labute approximate surface area is 196 Å². The summed E-state index contributed by atoms with van der Waals surface area (Å²) < 4.78 is 52.8. The first-order valence-corrected chi connectivity index (χ1v) is 12.2. The van der Waals surface area contributed by atoms with E-state index in [9.17, 15) is 17.9 Å². The first-order chi connectivity index (χ1) is 16.0. The molecule has 0 spiro atoms. The molecule has 3 aromatic rings. The number of nitrogens with one attached hydrogen (secondary N) is 1.